The Morgan fingerprint density at radius 2 is 2.19 bits per heavy atom. The maximum absolute atomic E-state index is 12.4. The number of nitrogens with zero attached hydrogens (tertiary/aromatic N) is 1. The molecule has 2 atom stereocenters. The van der Waals surface area contributed by atoms with Gasteiger partial charge in [-0.1, -0.05) is 0 Å². The van der Waals surface area contributed by atoms with Gasteiger partial charge in [0.05, 0.1) is 12.1 Å². The Morgan fingerprint density at radius 3 is 2.81 bits per heavy atom. The van der Waals surface area contributed by atoms with Crippen LogP contribution in [0.15, 0.2) is 10.9 Å². The number of aromatic amines is 1. The van der Waals surface area contributed by atoms with E-state index >= 15 is 0 Å². The van der Waals surface area contributed by atoms with E-state index in [1.54, 1.807) is 19.9 Å². The van der Waals surface area contributed by atoms with Crippen molar-refractivity contribution in [1.82, 2.24) is 15.2 Å². The van der Waals surface area contributed by atoms with E-state index in [1.165, 1.54) is 0 Å². The van der Waals surface area contributed by atoms with Crippen molar-refractivity contribution in [3.8, 4) is 0 Å². The summed E-state index contributed by atoms with van der Waals surface area (Å²) < 4.78 is 5.66. The topological polar surface area (TPSA) is 74.4 Å². The molecule has 2 N–H and O–H groups in total. The molecule has 6 heteroatoms. The second kappa shape index (κ2) is 6.41. The molecule has 0 aromatic carbocycles. The molecule has 1 aromatic rings. The Bertz CT molecular complexity index is 582. The van der Waals surface area contributed by atoms with Crippen molar-refractivity contribution < 1.29 is 9.53 Å². The first-order chi connectivity index (χ1) is 9.92. The molecule has 1 aromatic heterocycles. The molecule has 2 rings (SSSR count). The number of carbonyl (C=O) groups excluding carboxylic acids is 1. The van der Waals surface area contributed by atoms with Crippen LogP contribution in [0.4, 0.5) is 0 Å². The van der Waals surface area contributed by atoms with Crippen LogP contribution < -0.4 is 10.9 Å². The zero-order valence-corrected chi connectivity index (χ0v) is 13.0. The smallest absolute Gasteiger partial charge is 0.261 e. The van der Waals surface area contributed by atoms with Gasteiger partial charge in [0.2, 0.25) is 0 Å². The molecule has 1 saturated heterocycles. The number of hydrogen-bond acceptors (Lipinski definition) is 4. The fourth-order valence-electron chi connectivity index (χ4n) is 2.86. The number of pyridine rings is 1. The van der Waals surface area contributed by atoms with Crippen molar-refractivity contribution >= 4 is 5.91 Å². The number of amides is 1. The minimum Gasteiger partial charge on any atom is -0.375 e. The number of H-pyrrole nitrogens is 1. The third-order valence-electron chi connectivity index (χ3n) is 3.74. The zero-order chi connectivity index (χ0) is 15.6. The average Bonchev–Trinajstić information content (AvgIpc) is 2.68. The highest BCUT2D eigenvalue weighted by atomic mass is 16.5. The van der Waals surface area contributed by atoms with E-state index in [1.807, 2.05) is 14.0 Å². The van der Waals surface area contributed by atoms with Crippen LogP contribution in [0.1, 0.15) is 28.5 Å². The number of aryl methyl sites for hydroxylation is 2. The quantitative estimate of drug-likeness (QED) is 0.845. The average molecular weight is 293 g/mol. The lowest BCUT2D eigenvalue weighted by Gasteiger charge is -2.20. The van der Waals surface area contributed by atoms with Gasteiger partial charge in [-0.3, -0.25) is 9.59 Å². The molecule has 0 spiro atoms. The molecular weight excluding hydrogens is 270 g/mol. The summed E-state index contributed by atoms with van der Waals surface area (Å²) in [5.41, 5.74) is 1.28. The minimum atomic E-state index is -0.343. The number of carbonyl (C=O) groups is 1. The van der Waals surface area contributed by atoms with Gasteiger partial charge >= 0.3 is 0 Å². The largest absolute Gasteiger partial charge is 0.375 e. The van der Waals surface area contributed by atoms with E-state index in [0.29, 0.717) is 12.2 Å². The van der Waals surface area contributed by atoms with Crippen molar-refractivity contribution in [2.45, 2.75) is 32.9 Å². The van der Waals surface area contributed by atoms with E-state index in [9.17, 15) is 9.59 Å². The maximum atomic E-state index is 12.4. The molecule has 0 saturated carbocycles. The number of hydrogen-bond donors (Lipinski definition) is 2. The lowest BCUT2D eigenvalue weighted by atomic mass is 10.1. The van der Waals surface area contributed by atoms with Crippen LogP contribution >= 0.6 is 0 Å². The SMILES string of the molecule is CCO[C@H]1CN(C)C[C@@H]1NC(=O)c1c(C)cc(C)[nH]c1=O. The number of likely N-dealkylation sites (N-methyl/N-ethyl adjacent to an activating group) is 1. The van der Waals surface area contributed by atoms with Crippen LogP contribution in [-0.2, 0) is 4.74 Å². The van der Waals surface area contributed by atoms with Crippen LogP contribution in [-0.4, -0.2) is 54.7 Å². The monoisotopic (exact) mass is 293 g/mol. The highest BCUT2D eigenvalue weighted by molar-refractivity contribution is 5.95. The molecule has 0 unspecified atom stereocenters. The van der Waals surface area contributed by atoms with E-state index in [2.05, 4.69) is 15.2 Å². The predicted molar refractivity (Wildman–Crippen MR) is 80.7 cm³/mol. The van der Waals surface area contributed by atoms with E-state index in [4.69, 9.17) is 4.74 Å². The number of likely N-dealkylation sites (tertiary alicyclic amines) is 1. The number of rotatable bonds is 4. The molecular formula is C15H23N3O3. The van der Waals surface area contributed by atoms with Gasteiger partial charge in [0, 0.05) is 25.4 Å². The summed E-state index contributed by atoms with van der Waals surface area (Å²) >= 11 is 0. The highest BCUT2D eigenvalue weighted by Crippen LogP contribution is 2.13. The summed E-state index contributed by atoms with van der Waals surface area (Å²) in [6.45, 7) is 7.62. The molecule has 1 aliphatic rings. The summed E-state index contributed by atoms with van der Waals surface area (Å²) in [4.78, 5) is 29.2. The van der Waals surface area contributed by atoms with E-state index in [-0.39, 0.29) is 29.2 Å². The first kappa shape index (κ1) is 15.7. The molecule has 0 bridgehead atoms. The lowest BCUT2D eigenvalue weighted by Crippen LogP contribution is -2.45. The number of nitrogens with one attached hydrogen (secondary N) is 2. The Morgan fingerprint density at radius 1 is 1.48 bits per heavy atom. The van der Waals surface area contributed by atoms with Gasteiger partial charge in [-0.25, -0.2) is 0 Å². The maximum Gasteiger partial charge on any atom is 0.261 e. The second-order valence-corrected chi connectivity index (χ2v) is 5.63. The first-order valence-corrected chi connectivity index (χ1v) is 7.24. The van der Waals surface area contributed by atoms with Gasteiger partial charge < -0.3 is 19.9 Å². The second-order valence-electron chi connectivity index (χ2n) is 5.63. The Kier molecular flexibility index (Phi) is 4.80. The van der Waals surface area contributed by atoms with Gasteiger partial charge in [-0.15, -0.1) is 0 Å². The molecule has 1 fully saturated rings. The molecule has 1 amide bonds. The normalized spacial score (nSPS) is 22.5. The Balaban J connectivity index is 2.16. The summed E-state index contributed by atoms with van der Waals surface area (Å²) in [6, 6.07) is 1.71. The van der Waals surface area contributed by atoms with E-state index in [0.717, 1.165) is 18.8 Å². The highest BCUT2D eigenvalue weighted by Gasteiger charge is 2.33. The van der Waals surface area contributed by atoms with Crippen molar-refractivity contribution in [1.29, 1.82) is 0 Å². The van der Waals surface area contributed by atoms with Crippen LogP contribution in [0.3, 0.4) is 0 Å². The molecule has 0 aliphatic carbocycles. The summed E-state index contributed by atoms with van der Waals surface area (Å²) in [5.74, 6) is -0.334. The fraction of sp³-hybridized carbons (Fsp3) is 0.600. The summed E-state index contributed by atoms with van der Waals surface area (Å²) in [7, 11) is 1.99. The third kappa shape index (κ3) is 3.51. The number of ether oxygens (including phenoxy) is 1. The van der Waals surface area contributed by atoms with Crippen LogP contribution in [0.25, 0.3) is 0 Å². The molecule has 6 nitrogen and oxygen atoms in total. The summed E-state index contributed by atoms with van der Waals surface area (Å²) in [6.07, 6.45) is -0.0335. The third-order valence-corrected chi connectivity index (χ3v) is 3.74. The van der Waals surface area contributed by atoms with Crippen LogP contribution in [0.5, 0.6) is 0 Å². The van der Waals surface area contributed by atoms with Gasteiger partial charge in [-0.2, -0.15) is 0 Å². The van der Waals surface area contributed by atoms with Crippen LogP contribution in [0, 0.1) is 13.8 Å². The van der Waals surface area contributed by atoms with E-state index < -0.39 is 0 Å². The molecule has 2 heterocycles. The van der Waals surface area contributed by atoms with Gasteiger partial charge in [-0.05, 0) is 39.4 Å². The molecule has 0 radical (unpaired) electrons. The standard InChI is InChI=1S/C15H23N3O3/c1-5-21-12-8-18(4)7-11(12)17-15(20)13-9(2)6-10(3)16-14(13)19/h6,11-12H,5,7-8H2,1-4H3,(H,16,19)(H,17,20)/t11-,12-/m0/s1. The predicted octanol–water partition coefficient (Wildman–Crippen LogP) is 0.441. The fourth-order valence-corrected chi connectivity index (χ4v) is 2.86. The van der Waals surface area contributed by atoms with Gasteiger partial charge in [0.25, 0.3) is 11.5 Å². The zero-order valence-electron chi connectivity index (χ0n) is 13.0. The Labute approximate surface area is 124 Å². The van der Waals surface area contributed by atoms with Crippen molar-refractivity contribution in [2.24, 2.45) is 0 Å². The minimum absolute atomic E-state index is 0.0335. The van der Waals surface area contributed by atoms with Gasteiger partial charge in [0.1, 0.15) is 5.56 Å². The summed E-state index contributed by atoms with van der Waals surface area (Å²) in [5, 5.41) is 2.94. The van der Waals surface area contributed by atoms with Crippen molar-refractivity contribution in [3.05, 3.63) is 33.2 Å². The number of aromatic nitrogens is 1. The van der Waals surface area contributed by atoms with Crippen LogP contribution in [0.2, 0.25) is 0 Å². The van der Waals surface area contributed by atoms with Gasteiger partial charge in [0.15, 0.2) is 0 Å². The lowest BCUT2D eigenvalue weighted by molar-refractivity contribution is 0.0512. The Hall–Kier alpha value is -1.66. The molecule has 1 aliphatic heterocycles. The van der Waals surface area contributed by atoms with Crippen molar-refractivity contribution in [2.75, 3.05) is 26.7 Å². The molecule has 21 heavy (non-hydrogen) atoms. The molecule has 116 valence electrons. The van der Waals surface area contributed by atoms with Crippen molar-refractivity contribution in [3.63, 3.8) is 0 Å². The first-order valence-electron chi connectivity index (χ1n) is 7.24.